The van der Waals surface area contributed by atoms with Gasteiger partial charge in [0.05, 0.1) is 4.92 Å². The number of nitro benzene ring substituents is 1. The number of alkyl halides is 1. The van der Waals surface area contributed by atoms with Crippen LogP contribution in [0.4, 0.5) is 14.5 Å². The van der Waals surface area contributed by atoms with Crippen LogP contribution < -0.4 is 0 Å². The Hall–Kier alpha value is -1.52. The van der Waals surface area contributed by atoms with Gasteiger partial charge in [0.1, 0.15) is 6.67 Å². The molecule has 0 heterocycles. The highest BCUT2D eigenvalue weighted by molar-refractivity contribution is 5.34. The lowest BCUT2D eigenvalue weighted by Crippen LogP contribution is -1.93. The van der Waals surface area contributed by atoms with Crippen LogP contribution in [0.1, 0.15) is 5.56 Å². The van der Waals surface area contributed by atoms with E-state index < -0.39 is 23.1 Å². The summed E-state index contributed by atoms with van der Waals surface area (Å²) >= 11 is 0. The topological polar surface area (TPSA) is 43.1 Å². The van der Waals surface area contributed by atoms with Gasteiger partial charge in [-0.3, -0.25) is 10.1 Å². The van der Waals surface area contributed by atoms with Crippen molar-refractivity contribution in [3.63, 3.8) is 0 Å². The van der Waals surface area contributed by atoms with Crippen LogP contribution in [0.5, 0.6) is 0 Å². The summed E-state index contributed by atoms with van der Waals surface area (Å²) in [5.74, 6) is -1.00. The SMILES string of the molecule is O=[N+]([O-])c1ccc(CF)cc1F. The molecule has 5 heteroatoms. The van der Waals surface area contributed by atoms with E-state index in [-0.39, 0.29) is 5.56 Å². The summed E-state index contributed by atoms with van der Waals surface area (Å²) < 4.78 is 24.6. The van der Waals surface area contributed by atoms with E-state index in [1.165, 1.54) is 6.07 Å². The molecule has 0 aromatic heterocycles. The van der Waals surface area contributed by atoms with Gasteiger partial charge in [-0.1, -0.05) is 0 Å². The van der Waals surface area contributed by atoms with E-state index in [0.29, 0.717) is 0 Å². The second kappa shape index (κ2) is 3.25. The Bertz CT molecular complexity index is 314. The molecule has 0 unspecified atom stereocenters. The fraction of sp³-hybridized carbons (Fsp3) is 0.143. The Kier molecular flexibility index (Phi) is 2.32. The van der Waals surface area contributed by atoms with Crippen LogP contribution in [0, 0.1) is 15.9 Å². The zero-order chi connectivity index (χ0) is 9.14. The van der Waals surface area contributed by atoms with Gasteiger partial charge < -0.3 is 0 Å². The average Bonchev–Trinajstić information content (AvgIpc) is 2.03. The lowest BCUT2D eigenvalue weighted by Gasteiger charge is -1.95. The van der Waals surface area contributed by atoms with Gasteiger partial charge in [-0.2, -0.15) is 4.39 Å². The van der Waals surface area contributed by atoms with E-state index in [4.69, 9.17) is 0 Å². The molecule has 12 heavy (non-hydrogen) atoms. The quantitative estimate of drug-likeness (QED) is 0.508. The number of rotatable bonds is 2. The molecule has 0 spiro atoms. The van der Waals surface area contributed by atoms with Crippen molar-refractivity contribution >= 4 is 5.69 Å². The van der Waals surface area contributed by atoms with Gasteiger partial charge in [0, 0.05) is 6.07 Å². The molecule has 0 aliphatic heterocycles. The summed E-state index contributed by atoms with van der Waals surface area (Å²) in [7, 11) is 0. The normalized spacial score (nSPS) is 9.83. The van der Waals surface area contributed by atoms with Crippen LogP contribution >= 0.6 is 0 Å². The molecule has 1 aromatic carbocycles. The maximum Gasteiger partial charge on any atom is 0.304 e. The van der Waals surface area contributed by atoms with Crippen LogP contribution in [0.15, 0.2) is 18.2 Å². The van der Waals surface area contributed by atoms with E-state index in [1.54, 1.807) is 0 Å². The third kappa shape index (κ3) is 1.55. The third-order valence-corrected chi connectivity index (χ3v) is 1.36. The maximum absolute atomic E-state index is 12.7. The largest absolute Gasteiger partial charge is 0.304 e. The highest BCUT2D eigenvalue weighted by Crippen LogP contribution is 2.18. The first kappa shape index (κ1) is 8.58. The van der Waals surface area contributed by atoms with Crippen molar-refractivity contribution < 1.29 is 13.7 Å². The Balaban J connectivity index is 3.12. The van der Waals surface area contributed by atoms with Crippen LogP contribution in [0.25, 0.3) is 0 Å². The molecule has 64 valence electrons. The molecule has 1 aromatic rings. The minimum Gasteiger partial charge on any atom is -0.258 e. The number of benzene rings is 1. The summed E-state index contributed by atoms with van der Waals surface area (Å²) in [5, 5.41) is 10.1. The van der Waals surface area contributed by atoms with Gasteiger partial charge in [0.25, 0.3) is 0 Å². The Morgan fingerprint density at radius 3 is 2.58 bits per heavy atom. The summed E-state index contributed by atoms with van der Waals surface area (Å²) in [6.45, 7) is -0.824. The minimum absolute atomic E-state index is 0.0955. The predicted molar refractivity (Wildman–Crippen MR) is 37.9 cm³/mol. The van der Waals surface area contributed by atoms with Crippen molar-refractivity contribution in [2.45, 2.75) is 6.67 Å². The zero-order valence-electron chi connectivity index (χ0n) is 5.96. The molecular formula is C7H5F2NO2. The zero-order valence-corrected chi connectivity index (χ0v) is 5.96. The fourth-order valence-electron chi connectivity index (χ4n) is 0.782. The standard InChI is InChI=1S/C7H5F2NO2/c8-4-5-1-2-7(10(11)12)6(9)3-5/h1-3H,4H2. The molecule has 0 amide bonds. The number of hydrogen-bond donors (Lipinski definition) is 0. The predicted octanol–water partition coefficient (Wildman–Crippen LogP) is 2.20. The van der Waals surface area contributed by atoms with Gasteiger partial charge in [-0.25, -0.2) is 4.39 Å². The molecule has 0 atom stereocenters. The summed E-state index contributed by atoms with van der Waals surface area (Å²) in [6, 6.07) is 2.95. The molecule has 0 fully saturated rings. The summed E-state index contributed by atoms with van der Waals surface area (Å²) in [6.07, 6.45) is 0. The first-order valence-corrected chi connectivity index (χ1v) is 3.14. The molecule has 1 rings (SSSR count). The van der Waals surface area contributed by atoms with Crippen LogP contribution in [0.3, 0.4) is 0 Å². The second-order valence-corrected chi connectivity index (χ2v) is 2.18. The molecule has 3 nitrogen and oxygen atoms in total. The van der Waals surface area contributed by atoms with Crippen molar-refractivity contribution in [1.29, 1.82) is 0 Å². The van der Waals surface area contributed by atoms with Crippen LogP contribution in [-0.2, 0) is 6.67 Å². The lowest BCUT2D eigenvalue weighted by atomic mass is 10.2. The number of hydrogen-bond acceptors (Lipinski definition) is 2. The van der Waals surface area contributed by atoms with E-state index in [0.717, 1.165) is 12.1 Å². The Morgan fingerprint density at radius 2 is 2.17 bits per heavy atom. The molecule has 0 aliphatic rings. The molecule has 0 N–H and O–H groups in total. The second-order valence-electron chi connectivity index (χ2n) is 2.18. The number of nitrogens with zero attached hydrogens (tertiary/aromatic N) is 1. The third-order valence-electron chi connectivity index (χ3n) is 1.36. The lowest BCUT2D eigenvalue weighted by molar-refractivity contribution is -0.387. The molecule has 0 radical (unpaired) electrons. The van der Waals surface area contributed by atoms with Gasteiger partial charge in [-0.05, 0) is 17.7 Å². The highest BCUT2D eigenvalue weighted by atomic mass is 19.1. The average molecular weight is 173 g/mol. The Labute approximate surface area is 66.8 Å². The summed E-state index contributed by atoms with van der Waals surface area (Å²) in [5.41, 5.74) is -0.537. The van der Waals surface area contributed by atoms with Crippen molar-refractivity contribution in [3.8, 4) is 0 Å². The molecule has 0 saturated heterocycles. The van der Waals surface area contributed by atoms with Crippen molar-refractivity contribution in [2.24, 2.45) is 0 Å². The van der Waals surface area contributed by atoms with E-state index >= 15 is 0 Å². The van der Waals surface area contributed by atoms with E-state index in [2.05, 4.69) is 0 Å². The molecule has 0 aliphatic carbocycles. The van der Waals surface area contributed by atoms with Crippen LogP contribution in [-0.4, -0.2) is 4.92 Å². The maximum atomic E-state index is 12.7. The first-order chi connectivity index (χ1) is 5.65. The van der Waals surface area contributed by atoms with Gasteiger partial charge in [0.15, 0.2) is 0 Å². The first-order valence-electron chi connectivity index (χ1n) is 3.14. The summed E-state index contributed by atoms with van der Waals surface area (Å²) in [4.78, 5) is 9.24. The molecular weight excluding hydrogens is 168 g/mol. The smallest absolute Gasteiger partial charge is 0.258 e. The van der Waals surface area contributed by atoms with Gasteiger partial charge in [0.2, 0.25) is 5.82 Å². The number of nitro groups is 1. The van der Waals surface area contributed by atoms with Gasteiger partial charge in [-0.15, -0.1) is 0 Å². The van der Waals surface area contributed by atoms with Crippen LogP contribution in [0.2, 0.25) is 0 Å². The van der Waals surface area contributed by atoms with Gasteiger partial charge >= 0.3 is 5.69 Å². The fourth-order valence-corrected chi connectivity index (χ4v) is 0.782. The van der Waals surface area contributed by atoms with Crippen molar-refractivity contribution in [1.82, 2.24) is 0 Å². The minimum atomic E-state index is -1.00. The molecule has 0 bridgehead atoms. The van der Waals surface area contributed by atoms with Crippen molar-refractivity contribution in [2.75, 3.05) is 0 Å². The van der Waals surface area contributed by atoms with E-state index in [1.807, 2.05) is 0 Å². The van der Waals surface area contributed by atoms with E-state index in [9.17, 15) is 18.9 Å². The molecule has 0 saturated carbocycles. The van der Waals surface area contributed by atoms with Crippen molar-refractivity contribution in [3.05, 3.63) is 39.7 Å². The monoisotopic (exact) mass is 173 g/mol. The highest BCUT2D eigenvalue weighted by Gasteiger charge is 2.13. The number of halogens is 2. The Morgan fingerprint density at radius 1 is 1.50 bits per heavy atom.